The molecule has 3 heterocycles. The summed E-state index contributed by atoms with van der Waals surface area (Å²) in [5.41, 5.74) is 7.34. The number of aromatic nitrogens is 3. The molecule has 2 aromatic carbocycles. The molecule has 0 unspecified atom stereocenters. The average Bonchev–Trinajstić information content (AvgIpc) is 3.30. The number of carbonyl (C=O) groups excluding carboxylic acids is 2. The van der Waals surface area contributed by atoms with Gasteiger partial charge in [-0.25, -0.2) is 18.3 Å². The highest BCUT2D eigenvalue weighted by Crippen LogP contribution is 2.31. The minimum atomic E-state index is -0.830. The summed E-state index contributed by atoms with van der Waals surface area (Å²) in [5.74, 6) is -2.08. The molecule has 208 valence electrons. The summed E-state index contributed by atoms with van der Waals surface area (Å²) in [4.78, 5) is 33.1. The molecule has 2 N–H and O–H groups in total. The van der Waals surface area contributed by atoms with Crippen molar-refractivity contribution >= 4 is 28.7 Å². The van der Waals surface area contributed by atoms with Gasteiger partial charge >= 0.3 is 6.09 Å². The molecule has 1 fully saturated rings. The fourth-order valence-electron chi connectivity index (χ4n) is 4.43. The Balaban J connectivity index is 1.41. The number of hydrogen-bond donors (Lipinski definition) is 1. The summed E-state index contributed by atoms with van der Waals surface area (Å²) in [5, 5.41) is 4.68. The number of primary amides is 1. The highest BCUT2D eigenvalue weighted by molar-refractivity contribution is 6.06. The Labute approximate surface area is 228 Å². The number of hydrogen-bond acceptors (Lipinski definition) is 7. The van der Waals surface area contributed by atoms with Gasteiger partial charge in [0.1, 0.15) is 28.2 Å². The van der Waals surface area contributed by atoms with Gasteiger partial charge in [0.2, 0.25) is 0 Å². The number of benzene rings is 2. The second-order valence-electron chi connectivity index (χ2n) is 10.3. The van der Waals surface area contributed by atoms with Crippen molar-refractivity contribution in [2.45, 2.75) is 26.4 Å². The largest absolute Gasteiger partial charge is 0.454 e. The number of nitrogens with two attached hydrogens (primary N) is 1. The molecule has 4 aromatic rings. The van der Waals surface area contributed by atoms with Gasteiger partial charge < -0.3 is 25.0 Å². The number of halogens is 2. The number of pyridine rings is 1. The molecule has 5 rings (SSSR count). The molecule has 1 aliphatic rings. The molecule has 2 amide bonds. The third-order valence-corrected chi connectivity index (χ3v) is 6.25. The standard InChI is InChI=1S/C28H28F2N6O4/c1-28(2,3)40-27(38)35-14-12-34(13-15-35)21-10-11-32-24-23(21)33-36(25(24)26(31)37)18-5-7-19(8-6-18)39-22-9-4-17(29)16-20(22)30/h4-11,16H,12-15H2,1-3H3,(H2,31,37). The molecular formula is C28H28F2N6O4. The fraction of sp³-hybridized carbons (Fsp3) is 0.286. The lowest BCUT2D eigenvalue weighted by Crippen LogP contribution is -2.50. The predicted molar refractivity (Wildman–Crippen MR) is 144 cm³/mol. The second kappa shape index (κ2) is 10.4. The van der Waals surface area contributed by atoms with E-state index in [0.717, 1.165) is 17.8 Å². The molecule has 0 bridgehead atoms. The van der Waals surface area contributed by atoms with Crippen LogP contribution in [0.4, 0.5) is 19.3 Å². The quantitative estimate of drug-likeness (QED) is 0.385. The van der Waals surface area contributed by atoms with Gasteiger partial charge in [-0.1, -0.05) is 0 Å². The third kappa shape index (κ3) is 5.51. The summed E-state index contributed by atoms with van der Waals surface area (Å²) < 4.78 is 39.6. The zero-order valence-corrected chi connectivity index (χ0v) is 22.2. The molecule has 40 heavy (non-hydrogen) atoms. The summed E-state index contributed by atoms with van der Waals surface area (Å²) >= 11 is 0. The first kappa shape index (κ1) is 26.9. The minimum Gasteiger partial charge on any atom is -0.454 e. The second-order valence-corrected chi connectivity index (χ2v) is 10.3. The van der Waals surface area contributed by atoms with Crippen LogP contribution < -0.4 is 15.4 Å². The van der Waals surface area contributed by atoms with Crippen LogP contribution in [0.25, 0.3) is 16.7 Å². The Kier molecular flexibility index (Phi) is 7.01. The summed E-state index contributed by atoms with van der Waals surface area (Å²) in [6.07, 6.45) is 1.23. The van der Waals surface area contributed by atoms with Crippen LogP contribution in [0.2, 0.25) is 0 Å². The molecule has 0 aliphatic carbocycles. The fourth-order valence-corrected chi connectivity index (χ4v) is 4.43. The maximum Gasteiger partial charge on any atom is 0.410 e. The normalized spacial score (nSPS) is 13.9. The molecule has 0 radical (unpaired) electrons. The van der Waals surface area contributed by atoms with Crippen molar-refractivity contribution < 1.29 is 27.8 Å². The number of fused-ring (bicyclic) bond motifs is 1. The number of amides is 2. The summed E-state index contributed by atoms with van der Waals surface area (Å²) in [7, 11) is 0. The molecule has 0 saturated carbocycles. The van der Waals surface area contributed by atoms with Crippen LogP contribution in [-0.2, 0) is 4.74 Å². The summed E-state index contributed by atoms with van der Waals surface area (Å²) in [6.45, 7) is 7.46. The van der Waals surface area contributed by atoms with E-state index in [0.29, 0.717) is 48.6 Å². The lowest BCUT2D eigenvalue weighted by Gasteiger charge is -2.36. The number of anilines is 1. The maximum atomic E-state index is 14.0. The van der Waals surface area contributed by atoms with Gasteiger partial charge in [-0.2, -0.15) is 5.10 Å². The SMILES string of the molecule is CC(C)(C)OC(=O)N1CCN(c2ccnc3c(C(N)=O)n(-c4ccc(Oc5ccc(F)cc5F)cc4)nc23)CC1. The molecule has 1 saturated heterocycles. The van der Waals surface area contributed by atoms with E-state index in [9.17, 15) is 18.4 Å². The van der Waals surface area contributed by atoms with Gasteiger partial charge in [0.05, 0.1) is 11.4 Å². The Morgan fingerprint density at radius 2 is 1.65 bits per heavy atom. The lowest BCUT2D eigenvalue weighted by atomic mass is 10.2. The van der Waals surface area contributed by atoms with Crippen molar-refractivity contribution in [3.8, 4) is 17.2 Å². The molecule has 2 aromatic heterocycles. The molecule has 1 aliphatic heterocycles. The van der Waals surface area contributed by atoms with Crippen LogP contribution in [-0.4, -0.2) is 63.4 Å². The van der Waals surface area contributed by atoms with Crippen LogP contribution >= 0.6 is 0 Å². The number of rotatable bonds is 5. The van der Waals surface area contributed by atoms with E-state index >= 15 is 0 Å². The van der Waals surface area contributed by atoms with E-state index in [-0.39, 0.29) is 17.5 Å². The zero-order chi connectivity index (χ0) is 28.6. The number of carbonyl (C=O) groups is 2. The van der Waals surface area contributed by atoms with Gasteiger partial charge in [0.25, 0.3) is 5.91 Å². The van der Waals surface area contributed by atoms with Gasteiger partial charge in [-0.05, 0) is 63.2 Å². The van der Waals surface area contributed by atoms with E-state index in [1.165, 1.54) is 10.7 Å². The van der Waals surface area contributed by atoms with E-state index in [1.807, 2.05) is 26.8 Å². The Morgan fingerprint density at radius 1 is 0.950 bits per heavy atom. The van der Waals surface area contributed by atoms with Crippen molar-refractivity contribution in [2.75, 3.05) is 31.1 Å². The predicted octanol–water partition coefficient (Wildman–Crippen LogP) is 4.65. The molecule has 10 nitrogen and oxygen atoms in total. The highest BCUT2D eigenvalue weighted by atomic mass is 19.1. The highest BCUT2D eigenvalue weighted by Gasteiger charge is 2.28. The minimum absolute atomic E-state index is 0.0995. The van der Waals surface area contributed by atoms with E-state index < -0.39 is 23.1 Å². The Bertz CT molecular complexity index is 1570. The smallest absolute Gasteiger partial charge is 0.410 e. The molecule has 0 spiro atoms. The first-order valence-electron chi connectivity index (χ1n) is 12.6. The Hall–Kier alpha value is -4.74. The van der Waals surface area contributed by atoms with Crippen LogP contribution in [0.5, 0.6) is 11.5 Å². The average molecular weight is 551 g/mol. The van der Waals surface area contributed by atoms with Crippen molar-refractivity contribution in [2.24, 2.45) is 5.73 Å². The lowest BCUT2D eigenvalue weighted by molar-refractivity contribution is 0.0240. The summed E-state index contributed by atoms with van der Waals surface area (Å²) in [6, 6.07) is 11.2. The maximum absolute atomic E-state index is 14.0. The zero-order valence-electron chi connectivity index (χ0n) is 22.2. The van der Waals surface area contributed by atoms with E-state index in [2.05, 4.69) is 15.0 Å². The van der Waals surface area contributed by atoms with Crippen molar-refractivity contribution in [3.05, 3.63) is 72.1 Å². The van der Waals surface area contributed by atoms with Crippen molar-refractivity contribution in [1.82, 2.24) is 19.7 Å². The first-order chi connectivity index (χ1) is 19.0. The van der Waals surface area contributed by atoms with Crippen LogP contribution in [0.15, 0.2) is 54.7 Å². The topological polar surface area (TPSA) is 116 Å². The number of nitrogens with zero attached hydrogens (tertiary/aromatic N) is 5. The third-order valence-electron chi connectivity index (χ3n) is 6.25. The van der Waals surface area contributed by atoms with Crippen LogP contribution in [0, 0.1) is 11.6 Å². The molecule has 0 atom stereocenters. The Morgan fingerprint density at radius 3 is 2.27 bits per heavy atom. The van der Waals surface area contributed by atoms with Crippen molar-refractivity contribution in [3.63, 3.8) is 0 Å². The molecule has 12 heteroatoms. The van der Waals surface area contributed by atoms with Gasteiger partial charge in [0, 0.05) is 38.4 Å². The van der Waals surface area contributed by atoms with Crippen molar-refractivity contribution in [1.29, 1.82) is 0 Å². The van der Waals surface area contributed by atoms with Gasteiger partial charge in [-0.15, -0.1) is 0 Å². The van der Waals surface area contributed by atoms with E-state index in [1.54, 1.807) is 35.4 Å². The first-order valence-corrected chi connectivity index (χ1v) is 12.6. The van der Waals surface area contributed by atoms with Crippen LogP contribution in [0.3, 0.4) is 0 Å². The van der Waals surface area contributed by atoms with Gasteiger partial charge in [0.15, 0.2) is 17.3 Å². The number of ether oxygens (including phenoxy) is 2. The molecular weight excluding hydrogens is 522 g/mol. The van der Waals surface area contributed by atoms with E-state index in [4.69, 9.17) is 15.2 Å². The van der Waals surface area contributed by atoms with Crippen LogP contribution in [0.1, 0.15) is 31.3 Å². The number of piperazine rings is 1. The monoisotopic (exact) mass is 550 g/mol. The van der Waals surface area contributed by atoms with Gasteiger partial charge in [-0.3, -0.25) is 9.78 Å².